The molecule has 1 unspecified atom stereocenters. The van der Waals surface area contributed by atoms with Crippen LogP contribution < -0.4 is 0 Å². The Morgan fingerprint density at radius 3 is 1.62 bits per heavy atom. The van der Waals surface area contributed by atoms with E-state index in [4.69, 9.17) is 20.1 Å². The number of carbonyl (C=O) groups is 1. The maximum Gasteiger partial charge on any atom is 0.330 e. The summed E-state index contributed by atoms with van der Waals surface area (Å²) in [6, 6.07) is 0. The zero-order valence-corrected chi connectivity index (χ0v) is 10.6. The van der Waals surface area contributed by atoms with Crippen LogP contribution in [0.25, 0.3) is 0 Å². The van der Waals surface area contributed by atoms with Crippen LogP contribution in [-0.2, 0) is 9.53 Å². The number of hydrogen-bond donors (Lipinski definition) is 3. The van der Waals surface area contributed by atoms with E-state index in [0.717, 1.165) is 13.2 Å². The Morgan fingerprint density at radius 1 is 1.38 bits per heavy atom. The highest BCUT2D eigenvalue weighted by atomic mass is 16.5. The molecule has 0 radical (unpaired) electrons. The molecule has 0 rings (SSSR count). The minimum absolute atomic E-state index is 0.139. The second kappa shape index (κ2) is 16.5. The van der Waals surface area contributed by atoms with Crippen LogP contribution in [0, 0.1) is 0 Å². The van der Waals surface area contributed by atoms with Gasteiger partial charge in [0.25, 0.3) is 0 Å². The quantitative estimate of drug-likeness (QED) is 0.635. The Bertz CT molecular complexity index is 152. The molecule has 0 amide bonds. The van der Waals surface area contributed by atoms with Crippen molar-refractivity contribution in [3.8, 4) is 0 Å². The van der Waals surface area contributed by atoms with Crippen LogP contribution in [0.1, 0.15) is 27.7 Å². The highest BCUT2D eigenvalue weighted by Gasteiger charge is 1.90. The molecule has 0 aliphatic heterocycles. The van der Waals surface area contributed by atoms with Gasteiger partial charge >= 0.3 is 5.97 Å². The molecule has 5 heteroatoms. The Morgan fingerprint density at radius 2 is 1.62 bits per heavy atom. The van der Waals surface area contributed by atoms with Gasteiger partial charge in [-0.15, -0.1) is 0 Å². The number of ether oxygens (including phenoxy) is 1. The van der Waals surface area contributed by atoms with Crippen molar-refractivity contribution in [3.63, 3.8) is 0 Å². The monoisotopic (exact) mass is 236 g/mol. The standard InChI is InChI=1S/C4H6O2.C4H10O.C3H8O2/c1-3(2)4(5)6;1-3-5-4-2;1-3(5)2-4/h1H2,2H3,(H,5,6);3-4H2,1-2H3;3-5H,2H2,1H3. The summed E-state index contributed by atoms with van der Waals surface area (Å²) in [5.41, 5.74) is 0.176. The van der Waals surface area contributed by atoms with Crippen LogP contribution in [0.2, 0.25) is 0 Å². The van der Waals surface area contributed by atoms with Crippen LogP contribution in [0.15, 0.2) is 12.2 Å². The van der Waals surface area contributed by atoms with E-state index in [-0.39, 0.29) is 12.2 Å². The second-order valence-corrected chi connectivity index (χ2v) is 2.90. The lowest BCUT2D eigenvalue weighted by molar-refractivity contribution is -0.132. The van der Waals surface area contributed by atoms with E-state index in [1.807, 2.05) is 13.8 Å². The molecule has 0 aromatic heterocycles. The van der Waals surface area contributed by atoms with Crippen molar-refractivity contribution >= 4 is 5.97 Å². The fraction of sp³-hybridized carbons (Fsp3) is 0.727. The van der Waals surface area contributed by atoms with E-state index >= 15 is 0 Å². The second-order valence-electron chi connectivity index (χ2n) is 2.90. The first kappa shape index (κ1) is 20.5. The van der Waals surface area contributed by atoms with Crippen LogP contribution in [0.3, 0.4) is 0 Å². The first-order valence-corrected chi connectivity index (χ1v) is 5.08. The van der Waals surface area contributed by atoms with Crippen molar-refractivity contribution in [2.45, 2.75) is 33.8 Å². The van der Waals surface area contributed by atoms with Crippen molar-refractivity contribution in [1.29, 1.82) is 0 Å². The first-order chi connectivity index (χ1) is 7.33. The molecular formula is C11H24O5. The summed E-state index contributed by atoms with van der Waals surface area (Å²) < 4.78 is 4.83. The summed E-state index contributed by atoms with van der Waals surface area (Å²) in [6.45, 7) is 11.7. The molecule has 0 aromatic carbocycles. The van der Waals surface area contributed by atoms with Gasteiger partial charge in [-0.1, -0.05) is 6.58 Å². The third-order valence-electron chi connectivity index (χ3n) is 1.04. The van der Waals surface area contributed by atoms with Crippen molar-refractivity contribution in [2.24, 2.45) is 0 Å². The summed E-state index contributed by atoms with van der Waals surface area (Å²) >= 11 is 0. The summed E-state index contributed by atoms with van der Waals surface area (Å²) in [5, 5.41) is 23.9. The summed E-state index contributed by atoms with van der Waals surface area (Å²) in [7, 11) is 0. The molecule has 0 aliphatic rings. The number of carboxylic acids is 1. The third-order valence-corrected chi connectivity index (χ3v) is 1.04. The van der Waals surface area contributed by atoms with Crippen LogP contribution in [0.4, 0.5) is 0 Å². The fourth-order valence-electron chi connectivity index (χ4n) is 0.204. The van der Waals surface area contributed by atoms with Crippen molar-refractivity contribution in [1.82, 2.24) is 0 Å². The average molecular weight is 236 g/mol. The van der Waals surface area contributed by atoms with Gasteiger partial charge in [0, 0.05) is 18.8 Å². The smallest absolute Gasteiger partial charge is 0.330 e. The predicted molar refractivity (Wildman–Crippen MR) is 63.4 cm³/mol. The lowest BCUT2D eigenvalue weighted by Gasteiger charge is -1.90. The molecular weight excluding hydrogens is 212 g/mol. The summed E-state index contributed by atoms with van der Waals surface area (Å²) in [6.07, 6.45) is -0.560. The Balaban J connectivity index is -0.000000160. The zero-order valence-electron chi connectivity index (χ0n) is 10.6. The van der Waals surface area contributed by atoms with Crippen LogP contribution >= 0.6 is 0 Å². The fourth-order valence-corrected chi connectivity index (χ4v) is 0.204. The largest absolute Gasteiger partial charge is 0.478 e. The van der Waals surface area contributed by atoms with Gasteiger partial charge in [0.05, 0.1) is 12.7 Å². The molecule has 1 atom stereocenters. The van der Waals surface area contributed by atoms with Gasteiger partial charge in [0.15, 0.2) is 0 Å². The SMILES string of the molecule is C=C(C)C(=O)O.CC(O)CO.CCOCC. The average Bonchev–Trinajstić information content (AvgIpc) is 2.20. The molecule has 0 spiro atoms. The van der Waals surface area contributed by atoms with E-state index < -0.39 is 12.1 Å². The van der Waals surface area contributed by atoms with E-state index in [1.165, 1.54) is 13.8 Å². The summed E-state index contributed by atoms with van der Waals surface area (Å²) in [4.78, 5) is 9.60. The van der Waals surface area contributed by atoms with E-state index in [1.54, 1.807) is 0 Å². The van der Waals surface area contributed by atoms with E-state index in [2.05, 4.69) is 6.58 Å². The number of aliphatic hydroxyl groups is 2. The molecule has 16 heavy (non-hydrogen) atoms. The highest BCUT2D eigenvalue weighted by Crippen LogP contribution is 1.81. The van der Waals surface area contributed by atoms with Gasteiger partial charge in [-0.05, 0) is 27.7 Å². The Labute approximate surface area is 97.4 Å². The lowest BCUT2D eigenvalue weighted by atomic mass is 10.4. The van der Waals surface area contributed by atoms with E-state index in [9.17, 15) is 4.79 Å². The van der Waals surface area contributed by atoms with Crippen molar-refractivity contribution in [2.75, 3.05) is 19.8 Å². The lowest BCUT2D eigenvalue weighted by Crippen LogP contribution is -2.03. The molecule has 3 N–H and O–H groups in total. The normalized spacial score (nSPS) is 10.1. The number of aliphatic carboxylic acids is 1. The maximum absolute atomic E-state index is 9.60. The van der Waals surface area contributed by atoms with Crippen molar-refractivity contribution < 1.29 is 24.9 Å². The minimum Gasteiger partial charge on any atom is -0.478 e. The molecule has 98 valence electrons. The molecule has 5 nitrogen and oxygen atoms in total. The Kier molecular flexibility index (Phi) is 21.2. The predicted octanol–water partition coefficient (Wildman–Crippen LogP) is 1.05. The number of hydrogen-bond acceptors (Lipinski definition) is 4. The number of rotatable bonds is 4. The van der Waals surface area contributed by atoms with Gasteiger partial charge in [-0.3, -0.25) is 0 Å². The maximum atomic E-state index is 9.60. The number of aliphatic hydroxyl groups excluding tert-OH is 2. The molecule has 0 fully saturated rings. The van der Waals surface area contributed by atoms with Crippen LogP contribution in [0.5, 0.6) is 0 Å². The molecule has 0 heterocycles. The molecule has 0 saturated carbocycles. The zero-order chi connectivity index (χ0) is 13.6. The topological polar surface area (TPSA) is 87.0 Å². The highest BCUT2D eigenvalue weighted by molar-refractivity contribution is 5.84. The minimum atomic E-state index is -0.935. The van der Waals surface area contributed by atoms with Gasteiger partial charge in [-0.25, -0.2) is 4.79 Å². The third kappa shape index (κ3) is 38.1. The van der Waals surface area contributed by atoms with Gasteiger partial charge in [-0.2, -0.15) is 0 Å². The van der Waals surface area contributed by atoms with Crippen LogP contribution in [-0.4, -0.2) is 47.2 Å². The molecule has 0 aliphatic carbocycles. The summed E-state index contributed by atoms with van der Waals surface area (Å²) in [5.74, 6) is -0.935. The van der Waals surface area contributed by atoms with Gasteiger partial charge in [0.2, 0.25) is 0 Å². The molecule has 0 bridgehead atoms. The van der Waals surface area contributed by atoms with Gasteiger partial charge < -0.3 is 20.1 Å². The van der Waals surface area contributed by atoms with Crippen molar-refractivity contribution in [3.05, 3.63) is 12.2 Å². The Hall–Kier alpha value is -0.910. The first-order valence-electron chi connectivity index (χ1n) is 5.08. The van der Waals surface area contributed by atoms with Gasteiger partial charge in [0.1, 0.15) is 0 Å². The molecule has 0 aromatic rings. The number of carboxylic acid groups (broad SMARTS) is 1. The molecule has 0 saturated heterocycles. The van der Waals surface area contributed by atoms with E-state index in [0.29, 0.717) is 0 Å².